The van der Waals surface area contributed by atoms with Gasteiger partial charge in [-0.05, 0) is 34.1 Å². The van der Waals surface area contributed by atoms with E-state index in [1.54, 1.807) is 24.0 Å². The predicted octanol–water partition coefficient (Wildman–Crippen LogP) is 4.98. The lowest BCUT2D eigenvalue weighted by molar-refractivity contribution is -0.131. The number of thioether (sulfide) groups is 1. The number of carbonyl (C=O) groups excluding carboxylic acids is 1. The number of pyridine rings is 1. The van der Waals surface area contributed by atoms with Gasteiger partial charge in [-0.3, -0.25) is 4.79 Å². The second-order valence-corrected chi connectivity index (χ2v) is 8.69. The van der Waals surface area contributed by atoms with Gasteiger partial charge in [-0.1, -0.05) is 35.3 Å². The minimum Gasteiger partial charge on any atom is -0.352 e. The molecule has 1 aliphatic heterocycles. The highest BCUT2D eigenvalue weighted by Crippen LogP contribution is 2.28. The number of rotatable bonds is 5. The summed E-state index contributed by atoms with van der Waals surface area (Å²) in [7, 11) is 0. The van der Waals surface area contributed by atoms with E-state index < -0.39 is 0 Å². The smallest absolute Gasteiger partial charge is 0.223 e. The first-order valence-electron chi connectivity index (χ1n) is 8.25. The van der Waals surface area contributed by atoms with Crippen LogP contribution >= 0.6 is 50.9 Å². The maximum Gasteiger partial charge on any atom is 0.223 e. The Labute approximate surface area is 176 Å². The summed E-state index contributed by atoms with van der Waals surface area (Å²) in [6, 6.07) is 9.76. The Kier molecular flexibility index (Phi) is 7.09. The Hall–Kier alpha value is -0.950. The third-order valence-electron chi connectivity index (χ3n) is 4.13. The van der Waals surface area contributed by atoms with Crippen molar-refractivity contribution in [1.29, 1.82) is 0 Å². The number of piperazine rings is 1. The van der Waals surface area contributed by atoms with Crippen LogP contribution < -0.4 is 4.90 Å². The van der Waals surface area contributed by atoms with E-state index in [9.17, 15) is 4.79 Å². The molecule has 0 radical (unpaired) electrons. The highest BCUT2D eigenvalue weighted by atomic mass is 79.9. The van der Waals surface area contributed by atoms with E-state index in [2.05, 4.69) is 31.9 Å². The number of aromatic nitrogens is 1. The van der Waals surface area contributed by atoms with E-state index in [0.717, 1.165) is 34.0 Å². The number of nitrogens with zero attached hydrogens (tertiary/aromatic N) is 3. The molecule has 26 heavy (non-hydrogen) atoms. The van der Waals surface area contributed by atoms with Crippen LogP contribution in [0.2, 0.25) is 10.0 Å². The number of hydrogen-bond acceptors (Lipinski definition) is 4. The maximum atomic E-state index is 12.5. The van der Waals surface area contributed by atoms with Crippen molar-refractivity contribution in [2.24, 2.45) is 0 Å². The molecule has 1 saturated heterocycles. The highest BCUT2D eigenvalue weighted by molar-refractivity contribution is 9.10. The SMILES string of the molecule is O=C(CCSc1ccccc1Br)N1CCN(c2ncc(Cl)cc2Cl)CC1. The summed E-state index contributed by atoms with van der Waals surface area (Å²) >= 11 is 17.4. The summed E-state index contributed by atoms with van der Waals surface area (Å²) < 4.78 is 1.07. The van der Waals surface area contributed by atoms with Gasteiger partial charge in [-0.15, -0.1) is 11.8 Å². The third-order valence-corrected chi connectivity index (χ3v) is 6.64. The lowest BCUT2D eigenvalue weighted by Crippen LogP contribution is -2.49. The fraction of sp³-hybridized carbons (Fsp3) is 0.333. The number of halogens is 3. The van der Waals surface area contributed by atoms with Crippen LogP contribution in [-0.2, 0) is 4.79 Å². The normalized spacial score (nSPS) is 14.6. The van der Waals surface area contributed by atoms with Crippen molar-refractivity contribution in [2.75, 3.05) is 36.8 Å². The Morgan fingerprint density at radius 2 is 1.92 bits per heavy atom. The van der Waals surface area contributed by atoms with E-state index >= 15 is 0 Å². The summed E-state index contributed by atoms with van der Waals surface area (Å²) in [6.07, 6.45) is 2.13. The number of amides is 1. The molecule has 0 aliphatic carbocycles. The maximum absolute atomic E-state index is 12.5. The molecular formula is C18H18BrCl2N3OS. The first-order valence-corrected chi connectivity index (χ1v) is 10.8. The standard InChI is InChI=1S/C18H18BrCl2N3OS/c19-14-3-1-2-4-16(14)26-10-5-17(25)23-6-8-24(9-7-23)18-15(21)11-13(20)12-22-18/h1-4,11-12H,5-10H2. The Morgan fingerprint density at radius 1 is 1.19 bits per heavy atom. The van der Waals surface area contributed by atoms with Crippen LogP contribution in [-0.4, -0.2) is 47.7 Å². The molecule has 1 aromatic heterocycles. The third kappa shape index (κ3) is 5.06. The molecular weight excluding hydrogens is 457 g/mol. The largest absolute Gasteiger partial charge is 0.352 e. The fourth-order valence-electron chi connectivity index (χ4n) is 2.78. The molecule has 0 saturated carbocycles. The first kappa shape index (κ1) is 19.8. The first-order chi connectivity index (χ1) is 12.5. The van der Waals surface area contributed by atoms with Crippen molar-refractivity contribution < 1.29 is 4.79 Å². The zero-order chi connectivity index (χ0) is 18.5. The van der Waals surface area contributed by atoms with Crippen molar-refractivity contribution in [1.82, 2.24) is 9.88 Å². The number of hydrogen-bond donors (Lipinski definition) is 0. The van der Waals surface area contributed by atoms with E-state index in [-0.39, 0.29) is 5.91 Å². The van der Waals surface area contributed by atoms with Crippen molar-refractivity contribution in [3.8, 4) is 0 Å². The molecule has 8 heteroatoms. The van der Waals surface area contributed by atoms with E-state index in [4.69, 9.17) is 23.2 Å². The van der Waals surface area contributed by atoms with Crippen molar-refractivity contribution in [2.45, 2.75) is 11.3 Å². The molecule has 4 nitrogen and oxygen atoms in total. The van der Waals surface area contributed by atoms with Gasteiger partial charge in [0, 0.05) is 53.9 Å². The van der Waals surface area contributed by atoms with Crippen LogP contribution in [0.1, 0.15) is 6.42 Å². The molecule has 2 heterocycles. The lowest BCUT2D eigenvalue weighted by atomic mass is 10.2. The number of anilines is 1. The van der Waals surface area contributed by atoms with Gasteiger partial charge < -0.3 is 9.80 Å². The quantitative estimate of drug-likeness (QED) is 0.572. The molecule has 1 fully saturated rings. The Bertz CT molecular complexity index is 785. The Morgan fingerprint density at radius 3 is 2.62 bits per heavy atom. The molecule has 3 rings (SSSR count). The Balaban J connectivity index is 1.47. The van der Waals surface area contributed by atoms with Crippen molar-refractivity contribution in [3.63, 3.8) is 0 Å². The molecule has 0 unspecified atom stereocenters. The van der Waals surface area contributed by atoms with Crippen LogP contribution in [0.5, 0.6) is 0 Å². The fourth-order valence-corrected chi connectivity index (χ4v) is 4.78. The van der Waals surface area contributed by atoms with Crippen molar-refractivity contribution in [3.05, 3.63) is 51.0 Å². The van der Waals surface area contributed by atoms with Gasteiger partial charge in [-0.2, -0.15) is 0 Å². The van der Waals surface area contributed by atoms with E-state index in [1.807, 2.05) is 23.1 Å². The monoisotopic (exact) mass is 473 g/mol. The van der Waals surface area contributed by atoms with Gasteiger partial charge >= 0.3 is 0 Å². The molecule has 1 aliphatic rings. The van der Waals surface area contributed by atoms with Crippen LogP contribution in [0.15, 0.2) is 45.9 Å². The summed E-state index contributed by atoms with van der Waals surface area (Å²) in [5.41, 5.74) is 0. The van der Waals surface area contributed by atoms with Crippen LogP contribution in [0, 0.1) is 0 Å². The van der Waals surface area contributed by atoms with Crippen LogP contribution in [0.25, 0.3) is 0 Å². The summed E-state index contributed by atoms with van der Waals surface area (Å²) in [5, 5.41) is 1.07. The summed E-state index contributed by atoms with van der Waals surface area (Å²) in [5.74, 6) is 1.69. The van der Waals surface area contributed by atoms with Crippen molar-refractivity contribution >= 4 is 62.6 Å². The number of carbonyl (C=O) groups is 1. The van der Waals surface area contributed by atoms with Gasteiger partial charge in [0.25, 0.3) is 0 Å². The summed E-state index contributed by atoms with van der Waals surface area (Å²) in [4.78, 5) is 21.9. The second-order valence-electron chi connectivity index (χ2n) is 5.86. The van der Waals surface area contributed by atoms with Gasteiger partial charge in [0.05, 0.1) is 10.0 Å². The zero-order valence-electron chi connectivity index (χ0n) is 14.0. The highest BCUT2D eigenvalue weighted by Gasteiger charge is 2.23. The molecule has 1 amide bonds. The van der Waals surface area contributed by atoms with E-state index in [0.29, 0.717) is 29.6 Å². The lowest BCUT2D eigenvalue weighted by Gasteiger charge is -2.35. The zero-order valence-corrected chi connectivity index (χ0v) is 17.9. The molecule has 2 aromatic rings. The molecule has 0 spiro atoms. The van der Waals surface area contributed by atoms with Gasteiger partial charge in [0.2, 0.25) is 5.91 Å². The predicted molar refractivity (Wildman–Crippen MR) is 113 cm³/mol. The number of benzene rings is 1. The second kappa shape index (κ2) is 9.31. The molecule has 1 aromatic carbocycles. The minimum atomic E-state index is 0.194. The topological polar surface area (TPSA) is 36.4 Å². The molecule has 0 bridgehead atoms. The molecule has 0 N–H and O–H groups in total. The molecule has 0 atom stereocenters. The average molecular weight is 475 g/mol. The van der Waals surface area contributed by atoms with Gasteiger partial charge in [0.15, 0.2) is 0 Å². The van der Waals surface area contributed by atoms with Crippen LogP contribution in [0.3, 0.4) is 0 Å². The molecule has 138 valence electrons. The van der Waals surface area contributed by atoms with E-state index in [1.165, 1.54) is 0 Å². The van der Waals surface area contributed by atoms with Gasteiger partial charge in [-0.25, -0.2) is 4.98 Å². The summed E-state index contributed by atoms with van der Waals surface area (Å²) in [6.45, 7) is 2.80. The van der Waals surface area contributed by atoms with Crippen LogP contribution in [0.4, 0.5) is 5.82 Å². The van der Waals surface area contributed by atoms with Gasteiger partial charge in [0.1, 0.15) is 5.82 Å². The minimum absolute atomic E-state index is 0.194. The average Bonchev–Trinajstić information content (AvgIpc) is 2.63.